The third kappa shape index (κ3) is 3.50. The van der Waals surface area contributed by atoms with Crippen LogP contribution in [0.2, 0.25) is 0 Å². The highest BCUT2D eigenvalue weighted by Gasteiger charge is 2.47. The summed E-state index contributed by atoms with van der Waals surface area (Å²) in [7, 11) is 0. The molecule has 0 aromatic carbocycles. The van der Waals surface area contributed by atoms with Gasteiger partial charge in [0.1, 0.15) is 5.76 Å². The first kappa shape index (κ1) is 15.3. The third-order valence-electron chi connectivity index (χ3n) is 2.68. The van der Waals surface area contributed by atoms with E-state index < -0.39 is 43.5 Å². The SMILES string of the molecule is O=C(c1ccc(CNC(=O)C(F)(F)F)o1)N1CC(F)(F)C1. The number of amides is 2. The Morgan fingerprint density at radius 3 is 2.43 bits per heavy atom. The second-order valence-electron chi connectivity index (χ2n) is 4.46. The Hall–Kier alpha value is -2.13. The molecule has 1 fully saturated rings. The highest BCUT2D eigenvalue weighted by Crippen LogP contribution is 2.28. The van der Waals surface area contributed by atoms with Crippen LogP contribution >= 0.6 is 0 Å². The van der Waals surface area contributed by atoms with Gasteiger partial charge < -0.3 is 14.6 Å². The number of carbonyl (C=O) groups excluding carboxylic acids is 2. The van der Waals surface area contributed by atoms with Crippen LogP contribution in [-0.2, 0) is 11.3 Å². The molecular formula is C11H9F5N2O3. The Morgan fingerprint density at radius 2 is 1.90 bits per heavy atom. The van der Waals surface area contributed by atoms with Crippen molar-refractivity contribution >= 4 is 11.8 Å². The van der Waals surface area contributed by atoms with E-state index >= 15 is 0 Å². The van der Waals surface area contributed by atoms with Crippen LogP contribution in [-0.4, -0.2) is 41.9 Å². The summed E-state index contributed by atoms with van der Waals surface area (Å²) in [4.78, 5) is 23.1. The van der Waals surface area contributed by atoms with E-state index in [1.807, 2.05) is 0 Å². The third-order valence-corrected chi connectivity index (χ3v) is 2.68. The molecule has 2 rings (SSSR count). The molecule has 2 heterocycles. The summed E-state index contributed by atoms with van der Waals surface area (Å²) in [6.45, 7) is -2.03. The van der Waals surface area contributed by atoms with Gasteiger partial charge in [0.15, 0.2) is 5.76 Å². The van der Waals surface area contributed by atoms with Crippen LogP contribution < -0.4 is 5.32 Å². The first-order valence-corrected chi connectivity index (χ1v) is 5.69. The summed E-state index contributed by atoms with van der Waals surface area (Å²) in [5, 5.41) is 1.56. The van der Waals surface area contributed by atoms with Crippen molar-refractivity contribution in [2.24, 2.45) is 0 Å². The molecule has 1 N–H and O–H groups in total. The smallest absolute Gasteiger partial charge is 0.454 e. The molecule has 21 heavy (non-hydrogen) atoms. The Morgan fingerprint density at radius 1 is 1.29 bits per heavy atom. The van der Waals surface area contributed by atoms with Gasteiger partial charge in [0.25, 0.3) is 11.8 Å². The number of rotatable bonds is 3. The zero-order valence-electron chi connectivity index (χ0n) is 10.3. The normalized spacial score (nSPS) is 17.3. The summed E-state index contributed by atoms with van der Waals surface area (Å²) in [6, 6.07) is 2.33. The van der Waals surface area contributed by atoms with Gasteiger partial charge in [-0.2, -0.15) is 13.2 Å². The van der Waals surface area contributed by atoms with Crippen LogP contribution in [0.25, 0.3) is 0 Å². The molecule has 0 unspecified atom stereocenters. The maximum Gasteiger partial charge on any atom is 0.471 e. The van der Waals surface area contributed by atoms with E-state index in [9.17, 15) is 31.5 Å². The molecule has 0 atom stereocenters. The van der Waals surface area contributed by atoms with Gasteiger partial charge in [0.2, 0.25) is 0 Å². The minimum absolute atomic E-state index is 0.0942. The molecule has 0 saturated carbocycles. The van der Waals surface area contributed by atoms with E-state index in [0.717, 1.165) is 11.0 Å². The number of carbonyl (C=O) groups is 2. The number of alkyl halides is 5. The number of furan rings is 1. The lowest BCUT2D eigenvalue weighted by Crippen LogP contribution is -2.58. The molecule has 116 valence electrons. The van der Waals surface area contributed by atoms with Crippen LogP contribution in [0.15, 0.2) is 16.5 Å². The van der Waals surface area contributed by atoms with E-state index in [4.69, 9.17) is 4.42 Å². The first-order valence-electron chi connectivity index (χ1n) is 5.69. The minimum Gasteiger partial charge on any atom is -0.454 e. The van der Waals surface area contributed by atoms with Gasteiger partial charge >= 0.3 is 12.1 Å². The monoisotopic (exact) mass is 312 g/mol. The van der Waals surface area contributed by atoms with Gasteiger partial charge in [0.05, 0.1) is 19.6 Å². The average Bonchev–Trinajstić information content (AvgIpc) is 2.79. The summed E-state index contributed by atoms with van der Waals surface area (Å²) < 4.78 is 66.0. The Kier molecular flexibility index (Phi) is 3.64. The molecule has 1 aliphatic heterocycles. The topological polar surface area (TPSA) is 62.6 Å². The predicted molar refractivity (Wildman–Crippen MR) is 57.5 cm³/mol. The Balaban J connectivity index is 1.90. The molecule has 10 heteroatoms. The molecule has 1 saturated heterocycles. The van der Waals surface area contributed by atoms with Gasteiger partial charge in [-0.3, -0.25) is 9.59 Å². The molecule has 1 aliphatic rings. The van der Waals surface area contributed by atoms with Crippen molar-refractivity contribution in [1.82, 2.24) is 10.2 Å². The van der Waals surface area contributed by atoms with Crippen molar-refractivity contribution in [2.45, 2.75) is 18.6 Å². The largest absolute Gasteiger partial charge is 0.471 e. The molecule has 0 spiro atoms. The molecule has 1 aromatic heterocycles. The van der Waals surface area contributed by atoms with E-state index in [1.165, 1.54) is 6.07 Å². The molecule has 2 amide bonds. The zero-order valence-corrected chi connectivity index (χ0v) is 10.3. The summed E-state index contributed by atoms with van der Waals surface area (Å²) in [5.74, 6) is -6.22. The average molecular weight is 312 g/mol. The van der Waals surface area contributed by atoms with Gasteiger partial charge in [-0.25, -0.2) is 8.78 Å². The van der Waals surface area contributed by atoms with Crippen LogP contribution in [0.5, 0.6) is 0 Å². The minimum atomic E-state index is -5.02. The molecule has 1 aromatic rings. The number of nitrogens with one attached hydrogen (secondary N) is 1. The quantitative estimate of drug-likeness (QED) is 0.861. The lowest BCUT2D eigenvalue weighted by molar-refractivity contribution is -0.173. The van der Waals surface area contributed by atoms with Crippen molar-refractivity contribution < 1.29 is 36.0 Å². The van der Waals surface area contributed by atoms with Crippen molar-refractivity contribution in [3.05, 3.63) is 23.7 Å². The van der Waals surface area contributed by atoms with Crippen LogP contribution in [0.1, 0.15) is 16.3 Å². The van der Waals surface area contributed by atoms with Gasteiger partial charge in [-0.15, -0.1) is 0 Å². The summed E-state index contributed by atoms with van der Waals surface area (Å²) in [5.41, 5.74) is 0. The highest BCUT2D eigenvalue weighted by atomic mass is 19.4. The second-order valence-corrected chi connectivity index (χ2v) is 4.46. The van der Waals surface area contributed by atoms with Crippen molar-refractivity contribution in [1.29, 1.82) is 0 Å². The fourth-order valence-corrected chi connectivity index (χ4v) is 1.67. The number of likely N-dealkylation sites (tertiary alicyclic amines) is 1. The fraction of sp³-hybridized carbons (Fsp3) is 0.455. The summed E-state index contributed by atoms with van der Waals surface area (Å²) >= 11 is 0. The standard InChI is InChI=1S/C11H9F5N2O3/c12-10(13)4-18(5-10)8(19)7-2-1-6(21-7)3-17-9(20)11(14,15)16/h1-2H,3-5H2,(H,17,20). The van der Waals surface area contributed by atoms with Crippen LogP contribution in [0.3, 0.4) is 0 Å². The molecule has 0 bridgehead atoms. The number of hydrogen-bond acceptors (Lipinski definition) is 3. The van der Waals surface area contributed by atoms with Crippen LogP contribution in [0, 0.1) is 0 Å². The zero-order chi connectivity index (χ0) is 15.8. The number of hydrogen-bond donors (Lipinski definition) is 1. The first-order chi connectivity index (χ1) is 9.58. The maximum absolute atomic E-state index is 12.6. The maximum atomic E-state index is 12.6. The van der Waals surface area contributed by atoms with Crippen molar-refractivity contribution in [2.75, 3.05) is 13.1 Å². The number of nitrogens with zero attached hydrogens (tertiary/aromatic N) is 1. The van der Waals surface area contributed by atoms with Crippen molar-refractivity contribution in [3.8, 4) is 0 Å². The summed E-state index contributed by atoms with van der Waals surface area (Å²) in [6.07, 6.45) is -5.02. The lowest BCUT2D eigenvalue weighted by atomic mass is 10.1. The van der Waals surface area contributed by atoms with E-state index in [2.05, 4.69) is 0 Å². The molecule has 0 aliphatic carbocycles. The van der Waals surface area contributed by atoms with Gasteiger partial charge in [0, 0.05) is 0 Å². The van der Waals surface area contributed by atoms with Gasteiger partial charge in [-0.05, 0) is 12.1 Å². The van der Waals surface area contributed by atoms with E-state index in [0.29, 0.717) is 0 Å². The molecule has 0 radical (unpaired) electrons. The van der Waals surface area contributed by atoms with E-state index in [-0.39, 0.29) is 11.5 Å². The Bertz CT molecular complexity index is 558. The van der Waals surface area contributed by atoms with Crippen molar-refractivity contribution in [3.63, 3.8) is 0 Å². The highest BCUT2D eigenvalue weighted by molar-refractivity contribution is 5.92. The fourth-order valence-electron chi connectivity index (χ4n) is 1.67. The van der Waals surface area contributed by atoms with Crippen LogP contribution in [0.4, 0.5) is 22.0 Å². The lowest BCUT2D eigenvalue weighted by Gasteiger charge is -2.37. The Labute approximate surface area is 114 Å². The number of halogens is 5. The molecule has 5 nitrogen and oxygen atoms in total. The molecular weight excluding hydrogens is 303 g/mol. The predicted octanol–water partition coefficient (Wildman–Crippen LogP) is 1.55. The second kappa shape index (κ2) is 5.01. The van der Waals surface area contributed by atoms with E-state index in [1.54, 1.807) is 5.32 Å². The van der Waals surface area contributed by atoms with Gasteiger partial charge in [-0.1, -0.05) is 0 Å².